The summed E-state index contributed by atoms with van der Waals surface area (Å²) in [5.41, 5.74) is 4.97. The van der Waals surface area contributed by atoms with Crippen LogP contribution in [0.4, 0.5) is 11.4 Å². The van der Waals surface area contributed by atoms with Gasteiger partial charge in [-0.05, 0) is 12.1 Å². The van der Waals surface area contributed by atoms with E-state index in [0.717, 1.165) is 6.07 Å². The van der Waals surface area contributed by atoms with E-state index in [1.807, 2.05) is 0 Å². The minimum absolute atomic E-state index is 0.0640. The van der Waals surface area contributed by atoms with Gasteiger partial charge in [0.1, 0.15) is 5.69 Å². The third-order valence-corrected chi connectivity index (χ3v) is 4.70. The molecule has 0 saturated carbocycles. The van der Waals surface area contributed by atoms with Crippen molar-refractivity contribution >= 4 is 21.4 Å². The summed E-state index contributed by atoms with van der Waals surface area (Å²) in [6, 6.07) is 3.48. The lowest BCUT2D eigenvalue weighted by atomic mass is 10.3. The van der Waals surface area contributed by atoms with Crippen LogP contribution in [0, 0.1) is 10.1 Å². The lowest BCUT2D eigenvalue weighted by Crippen LogP contribution is -2.40. The number of ether oxygens (including phenoxy) is 1. The molecule has 0 bridgehead atoms. The molecule has 1 fully saturated rings. The molecule has 0 aromatic heterocycles. The number of nitrogens with zero attached hydrogens (tertiary/aromatic N) is 2. The lowest BCUT2D eigenvalue weighted by Gasteiger charge is -2.25. The van der Waals surface area contributed by atoms with Gasteiger partial charge in [-0.2, -0.15) is 4.31 Å². The molecule has 0 atom stereocenters. The van der Waals surface area contributed by atoms with Crippen molar-refractivity contribution in [3.63, 3.8) is 0 Å². The summed E-state index contributed by atoms with van der Waals surface area (Å²) >= 11 is 0. The monoisotopic (exact) mass is 287 g/mol. The second kappa shape index (κ2) is 5.11. The normalized spacial score (nSPS) is 17.3. The van der Waals surface area contributed by atoms with Gasteiger partial charge < -0.3 is 10.5 Å². The molecule has 0 amide bonds. The van der Waals surface area contributed by atoms with Crippen LogP contribution in [0.1, 0.15) is 0 Å². The minimum Gasteiger partial charge on any atom is -0.393 e. The van der Waals surface area contributed by atoms with Gasteiger partial charge >= 0.3 is 0 Å². The van der Waals surface area contributed by atoms with E-state index in [4.69, 9.17) is 10.5 Å². The predicted octanol–water partition coefficient (Wildman–Crippen LogP) is 0.198. The third-order valence-electron chi connectivity index (χ3n) is 2.81. The van der Waals surface area contributed by atoms with Gasteiger partial charge in [-0.25, -0.2) is 8.42 Å². The number of morpholine rings is 1. The summed E-state index contributed by atoms with van der Waals surface area (Å²) in [5, 5.41) is 10.8. The molecule has 1 aliphatic rings. The fourth-order valence-corrected chi connectivity index (χ4v) is 3.21. The van der Waals surface area contributed by atoms with Gasteiger partial charge in [0.25, 0.3) is 5.69 Å². The Balaban J connectivity index is 2.40. The van der Waals surface area contributed by atoms with Gasteiger partial charge in [0, 0.05) is 19.2 Å². The largest absolute Gasteiger partial charge is 0.393 e. The average Bonchev–Trinajstić information content (AvgIpc) is 2.39. The summed E-state index contributed by atoms with van der Waals surface area (Å²) in [5.74, 6) is 0. The summed E-state index contributed by atoms with van der Waals surface area (Å²) in [4.78, 5) is 9.94. The summed E-state index contributed by atoms with van der Waals surface area (Å²) in [6.45, 7) is 1.10. The zero-order valence-electron chi connectivity index (χ0n) is 9.98. The Morgan fingerprint density at radius 3 is 2.53 bits per heavy atom. The van der Waals surface area contributed by atoms with Crippen LogP contribution in [0.5, 0.6) is 0 Å². The van der Waals surface area contributed by atoms with E-state index in [-0.39, 0.29) is 23.7 Å². The fraction of sp³-hybridized carbons (Fsp3) is 0.400. The molecule has 0 aliphatic carbocycles. The molecule has 0 spiro atoms. The minimum atomic E-state index is -3.74. The first-order valence-corrected chi connectivity index (χ1v) is 6.99. The predicted molar refractivity (Wildman–Crippen MR) is 67.1 cm³/mol. The molecule has 1 saturated heterocycles. The Morgan fingerprint density at radius 2 is 1.95 bits per heavy atom. The number of nitro benzene ring substituents is 1. The number of hydrogen-bond donors (Lipinski definition) is 1. The SMILES string of the molecule is Nc1ccc(S(=O)(=O)N2CCOCC2)cc1[N+](=O)[O-]. The quantitative estimate of drug-likeness (QED) is 0.482. The van der Waals surface area contributed by atoms with E-state index in [2.05, 4.69) is 0 Å². The van der Waals surface area contributed by atoms with Gasteiger partial charge in [0.05, 0.1) is 23.0 Å². The van der Waals surface area contributed by atoms with E-state index >= 15 is 0 Å². The molecule has 2 N–H and O–H groups in total. The second-order valence-corrected chi connectivity index (χ2v) is 5.93. The van der Waals surface area contributed by atoms with Crippen LogP contribution in [0.3, 0.4) is 0 Å². The van der Waals surface area contributed by atoms with E-state index in [9.17, 15) is 18.5 Å². The number of nitrogens with two attached hydrogens (primary N) is 1. The van der Waals surface area contributed by atoms with Crippen LogP contribution in [-0.2, 0) is 14.8 Å². The molecular formula is C10H13N3O5S. The molecule has 19 heavy (non-hydrogen) atoms. The Hall–Kier alpha value is -1.71. The van der Waals surface area contributed by atoms with Gasteiger partial charge in [-0.15, -0.1) is 0 Å². The molecule has 104 valence electrons. The zero-order chi connectivity index (χ0) is 14.0. The maximum absolute atomic E-state index is 12.3. The Kier molecular flexibility index (Phi) is 3.69. The van der Waals surface area contributed by atoms with Crippen molar-refractivity contribution < 1.29 is 18.1 Å². The smallest absolute Gasteiger partial charge is 0.293 e. The van der Waals surface area contributed by atoms with E-state index in [1.165, 1.54) is 16.4 Å². The van der Waals surface area contributed by atoms with Crippen molar-refractivity contribution in [2.75, 3.05) is 32.0 Å². The number of rotatable bonds is 3. The maximum atomic E-state index is 12.3. The highest BCUT2D eigenvalue weighted by Crippen LogP contribution is 2.26. The van der Waals surface area contributed by atoms with Crippen molar-refractivity contribution in [3.05, 3.63) is 28.3 Å². The first-order chi connectivity index (χ1) is 8.93. The first kappa shape index (κ1) is 13.7. The lowest BCUT2D eigenvalue weighted by molar-refractivity contribution is -0.384. The Bertz CT molecular complexity index is 595. The molecule has 1 aromatic carbocycles. The molecule has 0 radical (unpaired) electrons. The summed E-state index contributed by atoms with van der Waals surface area (Å²) in [6.07, 6.45) is 0. The van der Waals surface area contributed by atoms with E-state index < -0.39 is 20.6 Å². The zero-order valence-corrected chi connectivity index (χ0v) is 10.8. The highest BCUT2D eigenvalue weighted by atomic mass is 32.2. The number of nitrogen functional groups attached to an aromatic ring is 1. The highest BCUT2D eigenvalue weighted by Gasteiger charge is 2.28. The van der Waals surface area contributed by atoms with E-state index in [1.54, 1.807) is 0 Å². The molecule has 1 aliphatic heterocycles. The number of anilines is 1. The van der Waals surface area contributed by atoms with Crippen LogP contribution in [-0.4, -0.2) is 43.9 Å². The van der Waals surface area contributed by atoms with Crippen molar-refractivity contribution in [2.45, 2.75) is 4.90 Å². The molecule has 1 aromatic rings. The van der Waals surface area contributed by atoms with Gasteiger partial charge in [-0.1, -0.05) is 0 Å². The number of nitro groups is 1. The van der Waals surface area contributed by atoms with Crippen molar-refractivity contribution in [3.8, 4) is 0 Å². The molecular weight excluding hydrogens is 274 g/mol. The van der Waals surface area contributed by atoms with Crippen LogP contribution in [0.25, 0.3) is 0 Å². The molecule has 2 rings (SSSR count). The number of benzene rings is 1. The second-order valence-electron chi connectivity index (χ2n) is 3.99. The Morgan fingerprint density at radius 1 is 1.32 bits per heavy atom. The van der Waals surface area contributed by atoms with E-state index in [0.29, 0.717) is 13.2 Å². The molecule has 1 heterocycles. The first-order valence-electron chi connectivity index (χ1n) is 5.55. The highest BCUT2D eigenvalue weighted by molar-refractivity contribution is 7.89. The maximum Gasteiger partial charge on any atom is 0.293 e. The molecule has 9 heteroatoms. The number of hydrogen-bond acceptors (Lipinski definition) is 6. The molecule has 0 unspecified atom stereocenters. The van der Waals surface area contributed by atoms with Gasteiger partial charge in [0.2, 0.25) is 10.0 Å². The van der Waals surface area contributed by atoms with Crippen LogP contribution in [0.15, 0.2) is 23.1 Å². The van der Waals surface area contributed by atoms with Crippen LogP contribution in [0.2, 0.25) is 0 Å². The average molecular weight is 287 g/mol. The standard InChI is InChI=1S/C10H13N3O5S/c11-9-2-1-8(7-10(9)13(14)15)19(16,17)12-3-5-18-6-4-12/h1-2,7H,3-6,11H2. The van der Waals surface area contributed by atoms with Gasteiger partial charge in [-0.3, -0.25) is 10.1 Å². The number of sulfonamides is 1. The van der Waals surface area contributed by atoms with Crippen molar-refractivity contribution in [1.82, 2.24) is 4.31 Å². The Labute approximate surface area is 110 Å². The third kappa shape index (κ3) is 2.67. The molecule has 8 nitrogen and oxygen atoms in total. The van der Waals surface area contributed by atoms with Crippen molar-refractivity contribution in [2.24, 2.45) is 0 Å². The van der Waals surface area contributed by atoms with Crippen LogP contribution >= 0.6 is 0 Å². The van der Waals surface area contributed by atoms with Crippen molar-refractivity contribution in [1.29, 1.82) is 0 Å². The van der Waals surface area contributed by atoms with Gasteiger partial charge in [0.15, 0.2) is 0 Å². The summed E-state index contributed by atoms with van der Waals surface area (Å²) in [7, 11) is -3.74. The van der Waals surface area contributed by atoms with Crippen LogP contribution < -0.4 is 5.73 Å². The summed E-state index contributed by atoms with van der Waals surface area (Å²) < 4.78 is 30.9. The topological polar surface area (TPSA) is 116 Å². The fourth-order valence-electron chi connectivity index (χ4n) is 1.78.